The first-order chi connectivity index (χ1) is 12.3. The maximum absolute atomic E-state index is 12.6. The summed E-state index contributed by atoms with van der Waals surface area (Å²) < 4.78 is 0. The topological polar surface area (TPSA) is 20.3 Å². The van der Waals surface area contributed by atoms with Gasteiger partial charge in [-0.25, -0.2) is 0 Å². The van der Waals surface area contributed by atoms with Crippen molar-refractivity contribution in [3.8, 4) is 0 Å². The van der Waals surface area contributed by atoms with Crippen LogP contribution in [0.15, 0.2) is 30.3 Å². The molecule has 3 aliphatic rings. The molecule has 1 aromatic carbocycles. The predicted octanol–water partition coefficient (Wildman–Crippen LogP) is 4.73. The van der Waals surface area contributed by atoms with Crippen molar-refractivity contribution < 1.29 is 4.79 Å². The lowest BCUT2D eigenvalue weighted by atomic mass is 9.56. The number of benzene rings is 1. The SMILES string of the molecule is CC[C@@H]1C(=O)C[C@H]2CCN(CCCc3ccccc3)[C@H]3CCC[C@@H]1[C@H]23. The number of ketones is 1. The van der Waals surface area contributed by atoms with Crippen molar-refractivity contribution >= 4 is 5.78 Å². The maximum atomic E-state index is 12.6. The molecule has 1 saturated heterocycles. The van der Waals surface area contributed by atoms with Gasteiger partial charge in [0.05, 0.1) is 0 Å². The van der Waals surface area contributed by atoms with Crippen LogP contribution >= 0.6 is 0 Å². The van der Waals surface area contributed by atoms with E-state index < -0.39 is 0 Å². The summed E-state index contributed by atoms with van der Waals surface area (Å²) in [6, 6.07) is 11.7. The molecule has 0 radical (unpaired) electrons. The summed E-state index contributed by atoms with van der Waals surface area (Å²) in [5.74, 6) is 3.14. The van der Waals surface area contributed by atoms with Crippen LogP contribution in [0.1, 0.15) is 57.4 Å². The van der Waals surface area contributed by atoms with Gasteiger partial charge in [0.1, 0.15) is 5.78 Å². The zero-order valence-corrected chi connectivity index (χ0v) is 15.7. The van der Waals surface area contributed by atoms with E-state index in [-0.39, 0.29) is 0 Å². The minimum absolute atomic E-state index is 0.369. The molecule has 1 heterocycles. The second-order valence-corrected chi connectivity index (χ2v) is 8.60. The molecule has 1 aromatic rings. The van der Waals surface area contributed by atoms with Crippen LogP contribution in [0.4, 0.5) is 0 Å². The fourth-order valence-corrected chi connectivity index (χ4v) is 6.31. The lowest BCUT2D eigenvalue weighted by Crippen LogP contribution is -2.58. The van der Waals surface area contributed by atoms with E-state index >= 15 is 0 Å². The van der Waals surface area contributed by atoms with Crippen LogP contribution in [0, 0.1) is 23.7 Å². The van der Waals surface area contributed by atoms with Crippen molar-refractivity contribution in [3.05, 3.63) is 35.9 Å². The van der Waals surface area contributed by atoms with Gasteiger partial charge >= 0.3 is 0 Å². The molecule has 0 aromatic heterocycles. The maximum Gasteiger partial charge on any atom is 0.136 e. The number of carbonyl (C=O) groups is 1. The number of aryl methyl sites for hydroxylation is 1. The van der Waals surface area contributed by atoms with Crippen molar-refractivity contribution in [1.82, 2.24) is 4.90 Å². The van der Waals surface area contributed by atoms with E-state index in [2.05, 4.69) is 42.2 Å². The molecule has 3 fully saturated rings. The Hall–Kier alpha value is -1.15. The van der Waals surface area contributed by atoms with E-state index in [1.165, 1.54) is 57.2 Å². The molecule has 4 rings (SSSR count). The standard InChI is InChI=1S/C23H33NO/c1-2-19-20-11-6-12-21-23(20)18(16-22(19)25)13-15-24(21)14-7-10-17-8-4-3-5-9-17/h3-5,8-9,18-21,23H,2,6-7,10-16H2,1H3/t18-,19+,20+,21+,23+/m1/s1. The fourth-order valence-electron chi connectivity index (χ4n) is 6.31. The minimum atomic E-state index is 0.369. The van der Waals surface area contributed by atoms with E-state index in [9.17, 15) is 4.79 Å². The average molecular weight is 340 g/mol. The third kappa shape index (κ3) is 3.43. The summed E-state index contributed by atoms with van der Waals surface area (Å²) in [5, 5.41) is 0. The van der Waals surface area contributed by atoms with Gasteiger partial charge in [-0.2, -0.15) is 0 Å². The summed E-state index contributed by atoms with van der Waals surface area (Å²) in [6.07, 6.45) is 9.66. The zero-order chi connectivity index (χ0) is 17.2. The first-order valence-corrected chi connectivity index (χ1v) is 10.6. The van der Waals surface area contributed by atoms with Gasteiger partial charge in [-0.1, -0.05) is 43.7 Å². The number of nitrogens with zero attached hydrogens (tertiary/aromatic N) is 1. The minimum Gasteiger partial charge on any atom is -0.300 e. The van der Waals surface area contributed by atoms with Gasteiger partial charge in [0, 0.05) is 18.4 Å². The summed E-state index contributed by atoms with van der Waals surface area (Å²) >= 11 is 0. The fraction of sp³-hybridized carbons (Fsp3) is 0.696. The van der Waals surface area contributed by atoms with Crippen LogP contribution in [-0.2, 0) is 11.2 Å². The molecule has 0 N–H and O–H groups in total. The number of hydrogen-bond acceptors (Lipinski definition) is 2. The molecule has 136 valence electrons. The van der Waals surface area contributed by atoms with Crippen molar-refractivity contribution in [2.24, 2.45) is 23.7 Å². The van der Waals surface area contributed by atoms with Gasteiger partial charge in [0.25, 0.3) is 0 Å². The molecule has 0 amide bonds. The van der Waals surface area contributed by atoms with Crippen LogP contribution in [0.5, 0.6) is 0 Å². The van der Waals surface area contributed by atoms with Crippen molar-refractivity contribution in [2.75, 3.05) is 13.1 Å². The van der Waals surface area contributed by atoms with Crippen LogP contribution in [0.2, 0.25) is 0 Å². The van der Waals surface area contributed by atoms with Crippen LogP contribution in [0.3, 0.4) is 0 Å². The van der Waals surface area contributed by atoms with Gasteiger partial charge in [0.15, 0.2) is 0 Å². The van der Waals surface area contributed by atoms with E-state index in [1.807, 2.05) is 0 Å². The summed E-state index contributed by atoms with van der Waals surface area (Å²) in [5.41, 5.74) is 1.47. The number of hydrogen-bond donors (Lipinski definition) is 0. The highest BCUT2D eigenvalue weighted by Crippen LogP contribution is 2.51. The molecule has 1 aliphatic heterocycles. The smallest absolute Gasteiger partial charge is 0.136 e. The molecule has 2 aliphatic carbocycles. The Morgan fingerprint density at radius 1 is 1.12 bits per heavy atom. The third-order valence-electron chi connectivity index (χ3n) is 7.36. The summed E-state index contributed by atoms with van der Waals surface area (Å²) in [6.45, 7) is 4.69. The summed E-state index contributed by atoms with van der Waals surface area (Å²) in [4.78, 5) is 15.4. The Labute approximate surface area is 153 Å². The molecule has 25 heavy (non-hydrogen) atoms. The monoisotopic (exact) mass is 339 g/mol. The number of likely N-dealkylation sites (tertiary alicyclic amines) is 1. The Morgan fingerprint density at radius 2 is 1.96 bits per heavy atom. The molecule has 5 atom stereocenters. The van der Waals surface area contributed by atoms with Gasteiger partial charge in [-0.15, -0.1) is 0 Å². The Bertz CT molecular complexity index is 583. The molecule has 2 nitrogen and oxygen atoms in total. The molecular weight excluding hydrogens is 306 g/mol. The number of rotatable bonds is 5. The molecule has 0 bridgehead atoms. The Morgan fingerprint density at radius 3 is 2.76 bits per heavy atom. The highest BCUT2D eigenvalue weighted by Gasteiger charge is 2.50. The van der Waals surface area contributed by atoms with E-state index in [1.54, 1.807) is 0 Å². The van der Waals surface area contributed by atoms with Gasteiger partial charge in [0.2, 0.25) is 0 Å². The van der Waals surface area contributed by atoms with Crippen LogP contribution in [-0.4, -0.2) is 29.8 Å². The van der Waals surface area contributed by atoms with E-state index in [0.717, 1.165) is 24.8 Å². The second-order valence-electron chi connectivity index (χ2n) is 8.60. The van der Waals surface area contributed by atoms with Gasteiger partial charge in [-0.3, -0.25) is 4.79 Å². The largest absolute Gasteiger partial charge is 0.300 e. The first-order valence-electron chi connectivity index (χ1n) is 10.6. The highest BCUT2D eigenvalue weighted by atomic mass is 16.1. The quantitative estimate of drug-likeness (QED) is 0.773. The van der Waals surface area contributed by atoms with Gasteiger partial charge in [-0.05, 0) is 74.9 Å². The third-order valence-corrected chi connectivity index (χ3v) is 7.36. The van der Waals surface area contributed by atoms with Crippen molar-refractivity contribution in [1.29, 1.82) is 0 Å². The highest BCUT2D eigenvalue weighted by molar-refractivity contribution is 5.82. The summed E-state index contributed by atoms with van der Waals surface area (Å²) in [7, 11) is 0. The van der Waals surface area contributed by atoms with Crippen LogP contribution < -0.4 is 0 Å². The van der Waals surface area contributed by atoms with E-state index in [0.29, 0.717) is 23.5 Å². The Kier molecular flexibility index (Phi) is 5.26. The lowest BCUT2D eigenvalue weighted by Gasteiger charge is -2.55. The van der Waals surface area contributed by atoms with Crippen molar-refractivity contribution in [3.63, 3.8) is 0 Å². The first kappa shape index (κ1) is 17.3. The normalized spacial score (nSPS) is 35.4. The lowest BCUT2D eigenvalue weighted by molar-refractivity contribution is -0.139. The molecule has 0 unspecified atom stereocenters. The number of Topliss-reactive ketones (excluding diaryl/α,β-unsaturated/α-hetero) is 1. The molecule has 2 saturated carbocycles. The van der Waals surface area contributed by atoms with Gasteiger partial charge < -0.3 is 4.90 Å². The average Bonchev–Trinajstić information content (AvgIpc) is 2.64. The number of carbonyl (C=O) groups excluding carboxylic acids is 1. The van der Waals surface area contributed by atoms with E-state index in [4.69, 9.17) is 0 Å². The van der Waals surface area contributed by atoms with Crippen molar-refractivity contribution in [2.45, 2.75) is 64.3 Å². The van der Waals surface area contributed by atoms with Crippen LogP contribution in [0.25, 0.3) is 0 Å². The Balaban J connectivity index is 1.41. The zero-order valence-electron chi connectivity index (χ0n) is 15.7. The molecular formula is C23H33NO. The second kappa shape index (κ2) is 7.61. The molecule has 2 heteroatoms. The predicted molar refractivity (Wildman–Crippen MR) is 102 cm³/mol. The molecule has 0 spiro atoms. The number of piperidine rings is 1.